The molecule has 0 fully saturated rings. The number of thioether (sulfide) groups is 1. The molecule has 0 N–H and O–H groups in total. The number of amides is 1. The average molecular weight is 331 g/mol. The van der Waals surface area contributed by atoms with E-state index in [1.54, 1.807) is 23.9 Å². The molecule has 5 heteroatoms. The summed E-state index contributed by atoms with van der Waals surface area (Å²) < 4.78 is 18.4. The molecule has 0 atom stereocenters. The number of hydrogen-bond donors (Lipinski definition) is 0. The van der Waals surface area contributed by atoms with Crippen LogP contribution in [0.15, 0.2) is 53.4 Å². The fourth-order valence-electron chi connectivity index (χ4n) is 2.51. The Morgan fingerprint density at radius 2 is 1.96 bits per heavy atom. The first kappa shape index (κ1) is 15.9. The second-order valence-electron chi connectivity index (χ2n) is 5.27. The van der Waals surface area contributed by atoms with Crippen LogP contribution in [0.2, 0.25) is 0 Å². The number of carbonyl (C=O) groups is 1. The van der Waals surface area contributed by atoms with Gasteiger partial charge in [-0.2, -0.15) is 0 Å². The van der Waals surface area contributed by atoms with Crippen LogP contribution in [0.1, 0.15) is 12.8 Å². The maximum absolute atomic E-state index is 12.8. The Morgan fingerprint density at radius 3 is 2.78 bits per heavy atom. The van der Waals surface area contributed by atoms with Crippen molar-refractivity contribution in [3.05, 3.63) is 54.3 Å². The topological polar surface area (TPSA) is 29.5 Å². The summed E-state index contributed by atoms with van der Waals surface area (Å²) in [5, 5.41) is 0. The molecular formula is C18H18FNO2S. The third-order valence-corrected chi connectivity index (χ3v) is 4.79. The molecule has 3 rings (SSSR count). The van der Waals surface area contributed by atoms with E-state index in [9.17, 15) is 9.18 Å². The third kappa shape index (κ3) is 4.05. The Balaban J connectivity index is 1.60. The van der Waals surface area contributed by atoms with Crippen molar-refractivity contribution in [2.45, 2.75) is 17.7 Å². The van der Waals surface area contributed by atoms with Crippen molar-refractivity contribution in [3.8, 4) is 5.75 Å². The van der Waals surface area contributed by atoms with Gasteiger partial charge in [0, 0.05) is 11.4 Å². The SMILES string of the molecule is O=C(CCOc1ccc(F)cc1)N1CCCSc2ccccc21. The van der Waals surface area contributed by atoms with Gasteiger partial charge in [-0.15, -0.1) is 11.8 Å². The molecule has 23 heavy (non-hydrogen) atoms. The molecule has 2 aromatic carbocycles. The van der Waals surface area contributed by atoms with Crippen LogP contribution in [0.25, 0.3) is 0 Å². The standard InChI is InChI=1S/C18H18FNO2S/c19-14-6-8-15(9-7-14)22-12-10-18(21)20-11-3-13-23-17-5-2-1-4-16(17)20/h1-2,4-9H,3,10-13H2. The maximum Gasteiger partial charge on any atom is 0.230 e. The monoisotopic (exact) mass is 331 g/mol. The van der Waals surface area contributed by atoms with E-state index >= 15 is 0 Å². The summed E-state index contributed by atoms with van der Waals surface area (Å²) in [6.07, 6.45) is 1.28. The molecule has 0 radical (unpaired) electrons. The molecule has 0 aliphatic carbocycles. The molecule has 120 valence electrons. The van der Waals surface area contributed by atoms with Crippen LogP contribution in [0, 0.1) is 5.82 Å². The van der Waals surface area contributed by atoms with Gasteiger partial charge in [-0.25, -0.2) is 4.39 Å². The van der Waals surface area contributed by atoms with Crippen molar-refractivity contribution in [2.75, 3.05) is 23.8 Å². The number of carbonyl (C=O) groups excluding carboxylic acids is 1. The van der Waals surface area contributed by atoms with Crippen LogP contribution in [0.3, 0.4) is 0 Å². The van der Waals surface area contributed by atoms with E-state index in [0.717, 1.165) is 29.3 Å². The largest absolute Gasteiger partial charge is 0.493 e. The number of rotatable bonds is 4. The fraction of sp³-hybridized carbons (Fsp3) is 0.278. The molecule has 1 heterocycles. The summed E-state index contributed by atoms with van der Waals surface area (Å²) in [5.41, 5.74) is 0.988. The number of nitrogens with zero attached hydrogens (tertiary/aromatic N) is 1. The van der Waals surface area contributed by atoms with Crippen molar-refractivity contribution in [3.63, 3.8) is 0 Å². The molecule has 0 aromatic heterocycles. The van der Waals surface area contributed by atoms with Gasteiger partial charge in [0.05, 0.1) is 18.7 Å². The van der Waals surface area contributed by atoms with E-state index in [1.165, 1.54) is 12.1 Å². The molecule has 3 nitrogen and oxygen atoms in total. The summed E-state index contributed by atoms with van der Waals surface area (Å²) in [7, 11) is 0. The molecule has 1 amide bonds. The van der Waals surface area contributed by atoms with E-state index in [4.69, 9.17) is 4.74 Å². The van der Waals surface area contributed by atoms with Crippen LogP contribution < -0.4 is 9.64 Å². The molecular weight excluding hydrogens is 313 g/mol. The third-order valence-electron chi connectivity index (χ3n) is 3.64. The zero-order valence-electron chi connectivity index (χ0n) is 12.7. The van der Waals surface area contributed by atoms with Gasteiger partial charge < -0.3 is 9.64 Å². The van der Waals surface area contributed by atoms with Gasteiger partial charge in [0.15, 0.2) is 0 Å². The lowest BCUT2D eigenvalue weighted by Gasteiger charge is -2.22. The first-order chi connectivity index (χ1) is 11.2. The second kappa shape index (κ2) is 7.51. The Kier molecular flexibility index (Phi) is 5.18. The van der Waals surface area contributed by atoms with Gasteiger partial charge in [-0.05, 0) is 48.6 Å². The summed E-state index contributed by atoms with van der Waals surface area (Å²) >= 11 is 1.79. The fourth-order valence-corrected chi connectivity index (χ4v) is 3.50. The van der Waals surface area contributed by atoms with E-state index < -0.39 is 0 Å². The van der Waals surface area contributed by atoms with Gasteiger partial charge in [-0.3, -0.25) is 4.79 Å². The molecule has 0 saturated heterocycles. The zero-order valence-corrected chi connectivity index (χ0v) is 13.5. The molecule has 0 bridgehead atoms. The van der Waals surface area contributed by atoms with Crippen molar-refractivity contribution in [1.82, 2.24) is 0 Å². The number of anilines is 1. The number of halogens is 1. The normalized spacial score (nSPS) is 14.0. The quantitative estimate of drug-likeness (QED) is 0.844. The summed E-state index contributed by atoms with van der Waals surface area (Å²) in [5.74, 6) is 1.35. The summed E-state index contributed by atoms with van der Waals surface area (Å²) in [4.78, 5) is 15.5. The highest BCUT2D eigenvalue weighted by atomic mass is 32.2. The van der Waals surface area contributed by atoms with Crippen molar-refractivity contribution < 1.29 is 13.9 Å². The summed E-state index contributed by atoms with van der Waals surface area (Å²) in [6.45, 7) is 1.02. The lowest BCUT2D eigenvalue weighted by atomic mass is 10.2. The van der Waals surface area contributed by atoms with Crippen LogP contribution in [0.5, 0.6) is 5.75 Å². The lowest BCUT2D eigenvalue weighted by molar-refractivity contribution is -0.119. The molecule has 0 unspecified atom stereocenters. The van der Waals surface area contributed by atoms with Crippen molar-refractivity contribution in [2.24, 2.45) is 0 Å². The number of hydrogen-bond acceptors (Lipinski definition) is 3. The minimum Gasteiger partial charge on any atom is -0.493 e. The Morgan fingerprint density at radius 1 is 1.17 bits per heavy atom. The number of ether oxygens (including phenoxy) is 1. The molecule has 0 spiro atoms. The van der Waals surface area contributed by atoms with Gasteiger partial charge >= 0.3 is 0 Å². The predicted molar refractivity (Wildman–Crippen MR) is 90.6 cm³/mol. The number of fused-ring (bicyclic) bond motifs is 1. The van der Waals surface area contributed by atoms with Gasteiger partial charge in [0.1, 0.15) is 11.6 Å². The zero-order chi connectivity index (χ0) is 16.1. The predicted octanol–water partition coefficient (Wildman–Crippen LogP) is 4.12. The van der Waals surface area contributed by atoms with Gasteiger partial charge in [-0.1, -0.05) is 12.1 Å². The van der Waals surface area contributed by atoms with Crippen LogP contribution in [-0.2, 0) is 4.79 Å². The minimum atomic E-state index is -0.299. The van der Waals surface area contributed by atoms with Crippen LogP contribution in [0.4, 0.5) is 10.1 Å². The lowest BCUT2D eigenvalue weighted by Crippen LogP contribution is -2.32. The average Bonchev–Trinajstić information content (AvgIpc) is 2.79. The van der Waals surface area contributed by atoms with Crippen molar-refractivity contribution in [1.29, 1.82) is 0 Å². The van der Waals surface area contributed by atoms with Gasteiger partial charge in [0.2, 0.25) is 5.91 Å². The first-order valence-electron chi connectivity index (χ1n) is 7.64. The number of para-hydroxylation sites is 1. The highest BCUT2D eigenvalue weighted by molar-refractivity contribution is 7.99. The second-order valence-corrected chi connectivity index (χ2v) is 6.40. The molecule has 1 aliphatic rings. The first-order valence-corrected chi connectivity index (χ1v) is 8.63. The van der Waals surface area contributed by atoms with E-state index in [2.05, 4.69) is 6.07 Å². The molecule has 2 aromatic rings. The number of benzene rings is 2. The molecule has 0 saturated carbocycles. The Labute approximate surface area is 139 Å². The highest BCUT2D eigenvalue weighted by Crippen LogP contribution is 2.33. The van der Waals surface area contributed by atoms with E-state index in [-0.39, 0.29) is 18.3 Å². The Bertz CT molecular complexity index is 675. The maximum atomic E-state index is 12.8. The van der Waals surface area contributed by atoms with Gasteiger partial charge in [0.25, 0.3) is 0 Å². The smallest absolute Gasteiger partial charge is 0.230 e. The summed E-state index contributed by atoms with van der Waals surface area (Å²) in [6, 6.07) is 13.8. The van der Waals surface area contributed by atoms with E-state index in [0.29, 0.717) is 12.2 Å². The van der Waals surface area contributed by atoms with E-state index in [1.807, 2.05) is 23.1 Å². The Hall–Kier alpha value is -2.01. The van der Waals surface area contributed by atoms with Crippen LogP contribution >= 0.6 is 11.8 Å². The minimum absolute atomic E-state index is 0.0575. The van der Waals surface area contributed by atoms with Crippen LogP contribution in [-0.4, -0.2) is 24.8 Å². The van der Waals surface area contributed by atoms with Crippen molar-refractivity contribution >= 4 is 23.4 Å². The highest BCUT2D eigenvalue weighted by Gasteiger charge is 2.20. The molecule has 1 aliphatic heterocycles.